The summed E-state index contributed by atoms with van der Waals surface area (Å²) in [4.78, 5) is 9.37. The topological polar surface area (TPSA) is 51.0 Å². The Morgan fingerprint density at radius 1 is 1.04 bits per heavy atom. The van der Waals surface area contributed by atoms with Gasteiger partial charge in [-0.3, -0.25) is 4.90 Å². The van der Waals surface area contributed by atoms with Gasteiger partial charge in [0, 0.05) is 32.2 Å². The minimum atomic E-state index is 0.399. The number of oxazole rings is 1. The molecule has 1 aromatic heterocycles. The van der Waals surface area contributed by atoms with Gasteiger partial charge in [-0.25, -0.2) is 0 Å². The van der Waals surface area contributed by atoms with Crippen molar-refractivity contribution < 1.29 is 13.9 Å². The van der Waals surface area contributed by atoms with Crippen LogP contribution in [0, 0.1) is 0 Å². The number of hydrogen-bond donors (Lipinski definition) is 0. The lowest BCUT2D eigenvalue weighted by atomic mass is 10.0. The molecule has 3 aromatic rings. The van der Waals surface area contributed by atoms with Crippen molar-refractivity contribution >= 4 is 17.1 Å². The summed E-state index contributed by atoms with van der Waals surface area (Å²) in [6.45, 7) is 4.48. The maximum absolute atomic E-state index is 6.05. The second-order valence-corrected chi connectivity index (χ2v) is 7.10. The highest BCUT2D eigenvalue weighted by Gasteiger charge is 2.30. The number of piperazine rings is 1. The van der Waals surface area contributed by atoms with E-state index in [1.54, 1.807) is 7.11 Å². The summed E-state index contributed by atoms with van der Waals surface area (Å²) in [5, 5.41) is 0. The molecule has 6 nitrogen and oxygen atoms in total. The van der Waals surface area contributed by atoms with Gasteiger partial charge in [-0.15, -0.1) is 0 Å². The number of benzene rings is 2. The second kappa shape index (κ2) is 6.78. The summed E-state index contributed by atoms with van der Waals surface area (Å²) in [5.74, 6) is 1.73. The molecule has 0 unspecified atom stereocenters. The number of anilines is 1. The number of hydrogen-bond acceptors (Lipinski definition) is 6. The fourth-order valence-corrected chi connectivity index (χ4v) is 4.05. The molecule has 0 amide bonds. The molecule has 1 saturated heterocycles. The van der Waals surface area contributed by atoms with Crippen molar-refractivity contribution in [1.82, 2.24) is 9.88 Å². The van der Waals surface area contributed by atoms with E-state index in [9.17, 15) is 0 Å². The molecule has 0 N–H and O–H groups in total. The number of nitrogens with zero attached hydrogens (tertiary/aromatic N) is 3. The van der Waals surface area contributed by atoms with Gasteiger partial charge in [0.05, 0.1) is 7.11 Å². The second-order valence-electron chi connectivity index (χ2n) is 7.10. The van der Waals surface area contributed by atoms with Gasteiger partial charge in [-0.2, -0.15) is 4.98 Å². The first-order chi connectivity index (χ1) is 13.3. The molecule has 0 saturated carbocycles. The lowest BCUT2D eigenvalue weighted by Gasteiger charge is -2.40. The molecular weight excluding hydrogens is 342 g/mol. The number of ether oxygens (including phenoxy) is 2. The van der Waals surface area contributed by atoms with Gasteiger partial charge in [0.25, 0.3) is 6.01 Å². The summed E-state index contributed by atoms with van der Waals surface area (Å²) < 4.78 is 17.4. The Bertz CT molecular complexity index is 914. The van der Waals surface area contributed by atoms with Crippen LogP contribution in [0.4, 0.5) is 6.01 Å². The minimum absolute atomic E-state index is 0.399. The Hall–Kier alpha value is -2.73. The van der Waals surface area contributed by atoms with Gasteiger partial charge in [-0.05, 0) is 30.2 Å². The van der Waals surface area contributed by atoms with Gasteiger partial charge >= 0.3 is 0 Å². The zero-order valence-electron chi connectivity index (χ0n) is 15.4. The molecule has 1 atom stereocenters. The maximum atomic E-state index is 6.05. The summed E-state index contributed by atoms with van der Waals surface area (Å²) in [7, 11) is 1.69. The molecule has 5 rings (SSSR count). The normalized spacial score (nSPS) is 20.3. The molecular formula is C21H23N3O3. The highest BCUT2D eigenvalue weighted by molar-refractivity contribution is 5.74. The molecule has 2 aliphatic heterocycles. The Morgan fingerprint density at radius 2 is 1.89 bits per heavy atom. The molecule has 0 bridgehead atoms. The zero-order valence-corrected chi connectivity index (χ0v) is 15.4. The predicted octanol–water partition coefficient (Wildman–Crippen LogP) is 2.96. The molecule has 140 valence electrons. The van der Waals surface area contributed by atoms with Crippen molar-refractivity contribution in [2.24, 2.45) is 0 Å². The Labute approximate surface area is 158 Å². The number of methoxy groups -OCH3 is 1. The van der Waals surface area contributed by atoms with Crippen LogP contribution in [-0.2, 0) is 6.42 Å². The highest BCUT2D eigenvalue weighted by Crippen LogP contribution is 2.35. The third kappa shape index (κ3) is 3.00. The van der Waals surface area contributed by atoms with Crippen molar-refractivity contribution in [3.05, 3.63) is 48.0 Å². The van der Waals surface area contributed by atoms with E-state index < -0.39 is 0 Å². The fourth-order valence-electron chi connectivity index (χ4n) is 4.05. The van der Waals surface area contributed by atoms with Crippen molar-refractivity contribution in [2.75, 3.05) is 44.8 Å². The largest absolute Gasteiger partial charge is 0.493 e. The molecule has 27 heavy (non-hydrogen) atoms. The molecule has 6 heteroatoms. The van der Waals surface area contributed by atoms with Crippen LogP contribution in [-0.4, -0.2) is 55.8 Å². The van der Waals surface area contributed by atoms with Crippen molar-refractivity contribution in [3.63, 3.8) is 0 Å². The molecule has 3 heterocycles. The average molecular weight is 365 g/mol. The first-order valence-corrected chi connectivity index (χ1v) is 9.45. The molecule has 1 fully saturated rings. The minimum Gasteiger partial charge on any atom is -0.493 e. The van der Waals surface area contributed by atoms with Crippen LogP contribution >= 0.6 is 0 Å². The van der Waals surface area contributed by atoms with Crippen molar-refractivity contribution in [1.29, 1.82) is 0 Å². The first kappa shape index (κ1) is 16.4. The van der Waals surface area contributed by atoms with E-state index in [1.807, 2.05) is 36.4 Å². The number of aromatic nitrogens is 1. The van der Waals surface area contributed by atoms with Crippen LogP contribution in [0.5, 0.6) is 11.5 Å². The van der Waals surface area contributed by atoms with Crippen molar-refractivity contribution in [2.45, 2.75) is 12.5 Å². The Kier molecular flexibility index (Phi) is 4.13. The lowest BCUT2D eigenvalue weighted by Crippen LogP contribution is -2.53. The van der Waals surface area contributed by atoms with E-state index in [0.29, 0.717) is 12.6 Å². The number of fused-ring (bicyclic) bond motifs is 2. The predicted molar refractivity (Wildman–Crippen MR) is 104 cm³/mol. The third-order valence-electron chi connectivity index (χ3n) is 5.54. The van der Waals surface area contributed by atoms with E-state index in [0.717, 1.165) is 61.2 Å². The number of para-hydroxylation sites is 3. The zero-order chi connectivity index (χ0) is 18.2. The molecule has 2 aromatic carbocycles. The quantitative estimate of drug-likeness (QED) is 0.711. The van der Waals surface area contributed by atoms with Crippen LogP contribution in [0.3, 0.4) is 0 Å². The Morgan fingerprint density at radius 3 is 2.70 bits per heavy atom. The van der Waals surface area contributed by atoms with Gasteiger partial charge in [0.15, 0.2) is 17.1 Å². The van der Waals surface area contributed by atoms with Crippen LogP contribution in [0.2, 0.25) is 0 Å². The highest BCUT2D eigenvalue weighted by atomic mass is 16.5. The van der Waals surface area contributed by atoms with Crippen molar-refractivity contribution in [3.8, 4) is 11.5 Å². The standard InChI is InChI=1S/C21H23N3O3/c1-25-19-8-4-5-15-13-16(14-26-20(15)19)23-9-11-24(12-10-23)21-22-17-6-2-3-7-18(17)27-21/h2-8,16H,9-14H2,1H3/t16-/m1/s1. The van der Waals surface area contributed by atoms with Gasteiger partial charge < -0.3 is 18.8 Å². The average Bonchev–Trinajstić information content (AvgIpc) is 3.17. The van der Waals surface area contributed by atoms with Crippen LogP contribution < -0.4 is 14.4 Å². The number of rotatable bonds is 3. The monoisotopic (exact) mass is 365 g/mol. The molecule has 2 aliphatic rings. The SMILES string of the molecule is COc1cccc2c1OC[C@H](N1CCN(c3nc4ccccc4o3)CC1)C2. The van der Waals surface area contributed by atoms with E-state index >= 15 is 0 Å². The summed E-state index contributed by atoms with van der Waals surface area (Å²) in [6.07, 6.45) is 0.995. The summed E-state index contributed by atoms with van der Waals surface area (Å²) in [6, 6.07) is 15.2. The van der Waals surface area contributed by atoms with Crippen LogP contribution in [0.1, 0.15) is 5.56 Å². The summed E-state index contributed by atoms with van der Waals surface area (Å²) in [5.41, 5.74) is 2.99. The van der Waals surface area contributed by atoms with Crippen LogP contribution in [0.25, 0.3) is 11.1 Å². The van der Waals surface area contributed by atoms with Gasteiger partial charge in [0.2, 0.25) is 0 Å². The first-order valence-electron chi connectivity index (χ1n) is 9.45. The Balaban J connectivity index is 1.25. The lowest BCUT2D eigenvalue weighted by molar-refractivity contribution is 0.110. The molecule has 0 radical (unpaired) electrons. The van der Waals surface area contributed by atoms with Gasteiger partial charge in [-0.1, -0.05) is 24.3 Å². The molecule has 0 spiro atoms. The smallest absolute Gasteiger partial charge is 0.298 e. The summed E-state index contributed by atoms with van der Waals surface area (Å²) >= 11 is 0. The van der Waals surface area contributed by atoms with E-state index in [4.69, 9.17) is 13.9 Å². The van der Waals surface area contributed by atoms with Crippen LogP contribution in [0.15, 0.2) is 46.9 Å². The third-order valence-corrected chi connectivity index (χ3v) is 5.54. The fraction of sp³-hybridized carbons (Fsp3) is 0.381. The van der Waals surface area contributed by atoms with E-state index in [1.165, 1.54) is 5.56 Å². The van der Waals surface area contributed by atoms with E-state index in [2.05, 4.69) is 20.9 Å². The molecule has 0 aliphatic carbocycles. The van der Waals surface area contributed by atoms with E-state index in [-0.39, 0.29) is 0 Å². The van der Waals surface area contributed by atoms with Gasteiger partial charge in [0.1, 0.15) is 12.1 Å². The maximum Gasteiger partial charge on any atom is 0.298 e.